The zero-order chi connectivity index (χ0) is 12.8. The van der Waals surface area contributed by atoms with Crippen LogP contribution in [0.3, 0.4) is 0 Å². The van der Waals surface area contributed by atoms with Crippen LogP contribution in [-0.4, -0.2) is 35.1 Å². The van der Waals surface area contributed by atoms with Gasteiger partial charge in [-0.15, -0.1) is 0 Å². The van der Waals surface area contributed by atoms with Crippen molar-refractivity contribution in [3.8, 4) is 0 Å². The van der Waals surface area contributed by atoms with Gasteiger partial charge in [0, 0.05) is 6.54 Å². The minimum Gasteiger partial charge on any atom is -0.480 e. The fourth-order valence-corrected chi connectivity index (χ4v) is 1.26. The lowest BCUT2D eigenvalue weighted by Crippen LogP contribution is -2.56. The fourth-order valence-electron chi connectivity index (χ4n) is 1.26. The van der Waals surface area contributed by atoms with Gasteiger partial charge >= 0.3 is 5.97 Å². The smallest absolute Gasteiger partial charge is 0.323 e. The van der Waals surface area contributed by atoms with Gasteiger partial charge in [-0.3, -0.25) is 14.9 Å². The van der Waals surface area contributed by atoms with Crippen molar-refractivity contribution in [1.82, 2.24) is 10.6 Å². The highest BCUT2D eigenvalue weighted by molar-refractivity contribution is 5.84. The normalized spacial score (nSPS) is 16.2. The average molecular weight is 230 g/mol. The third-order valence-electron chi connectivity index (χ3n) is 2.66. The first-order valence-corrected chi connectivity index (χ1v) is 5.66. The number of amides is 1. The van der Waals surface area contributed by atoms with Crippen LogP contribution in [0.4, 0.5) is 0 Å². The number of hydrogen-bond acceptors (Lipinski definition) is 3. The number of carboxylic acid groups (broad SMARTS) is 1. The van der Waals surface area contributed by atoms with Crippen LogP contribution in [0.25, 0.3) is 0 Å². The summed E-state index contributed by atoms with van der Waals surface area (Å²) in [4.78, 5) is 22.6. The molecule has 2 unspecified atom stereocenters. The summed E-state index contributed by atoms with van der Waals surface area (Å²) in [6.45, 7) is 7.60. The highest BCUT2D eigenvalue weighted by atomic mass is 16.4. The molecule has 0 aromatic rings. The van der Waals surface area contributed by atoms with E-state index in [4.69, 9.17) is 5.11 Å². The minimum absolute atomic E-state index is 0.164. The van der Waals surface area contributed by atoms with E-state index in [-0.39, 0.29) is 5.91 Å². The predicted molar refractivity (Wildman–Crippen MR) is 62.2 cm³/mol. The molecule has 16 heavy (non-hydrogen) atoms. The Labute approximate surface area is 96.6 Å². The average Bonchev–Trinajstić information content (AvgIpc) is 2.25. The third kappa shape index (κ3) is 4.18. The standard InChI is InChI=1S/C11H22N2O3/c1-5-7-12-9(14)8(3)13-11(4,6-2)10(15)16/h8,13H,5-7H2,1-4H3,(H,12,14)(H,15,16). The van der Waals surface area contributed by atoms with Gasteiger partial charge in [-0.05, 0) is 26.7 Å². The van der Waals surface area contributed by atoms with E-state index in [9.17, 15) is 9.59 Å². The number of hydrogen-bond donors (Lipinski definition) is 3. The fraction of sp³-hybridized carbons (Fsp3) is 0.818. The molecule has 0 heterocycles. The molecule has 5 nitrogen and oxygen atoms in total. The molecule has 0 aliphatic rings. The zero-order valence-electron chi connectivity index (χ0n) is 10.5. The molecule has 0 bridgehead atoms. The molecule has 2 atom stereocenters. The van der Waals surface area contributed by atoms with Crippen molar-refractivity contribution in [2.75, 3.05) is 6.54 Å². The molecule has 0 aromatic carbocycles. The van der Waals surface area contributed by atoms with E-state index < -0.39 is 17.6 Å². The highest BCUT2D eigenvalue weighted by Crippen LogP contribution is 2.10. The lowest BCUT2D eigenvalue weighted by molar-refractivity contribution is -0.145. The summed E-state index contributed by atoms with van der Waals surface area (Å²) in [5, 5.41) is 14.6. The van der Waals surface area contributed by atoms with Crippen LogP contribution >= 0.6 is 0 Å². The van der Waals surface area contributed by atoms with Gasteiger partial charge in [-0.2, -0.15) is 0 Å². The van der Waals surface area contributed by atoms with Crippen LogP contribution in [0.2, 0.25) is 0 Å². The highest BCUT2D eigenvalue weighted by Gasteiger charge is 2.33. The molecule has 0 saturated heterocycles. The Kier molecular flexibility index (Phi) is 6.03. The van der Waals surface area contributed by atoms with Crippen molar-refractivity contribution in [3.05, 3.63) is 0 Å². The van der Waals surface area contributed by atoms with Crippen LogP contribution in [0.1, 0.15) is 40.5 Å². The maximum atomic E-state index is 11.6. The Morgan fingerprint density at radius 1 is 1.38 bits per heavy atom. The molecule has 0 spiro atoms. The van der Waals surface area contributed by atoms with Crippen molar-refractivity contribution in [1.29, 1.82) is 0 Å². The number of carboxylic acids is 1. The largest absolute Gasteiger partial charge is 0.480 e. The van der Waals surface area contributed by atoms with Crippen molar-refractivity contribution in [3.63, 3.8) is 0 Å². The van der Waals surface area contributed by atoms with Gasteiger partial charge in [0.15, 0.2) is 0 Å². The molecular weight excluding hydrogens is 208 g/mol. The topological polar surface area (TPSA) is 78.4 Å². The lowest BCUT2D eigenvalue weighted by atomic mass is 9.98. The molecular formula is C11H22N2O3. The number of rotatable bonds is 7. The van der Waals surface area contributed by atoms with E-state index in [0.717, 1.165) is 6.42 Å². The third-order valence-corrected chi connectivity index (χ3v) is 2.66. The molecule has 0 radical (unpaired) electrons. The van der Waals surface area contributed by atoms with Gasteiger partial charge < -0.3 is 10.4 Å². The Bertz CT molecular complexity index is 256. The van der Waals surface area contributed by atoms with Crippen LogP contribution in [0.15, 0.2) is 0 Å². The van der Waals surface area contributed by atoms with Gasteiger partial charge in [0.2, 0.25) is 5.91 Å². The van der Waals surface area contributed by atoms with Crippen LogP contribution in [0.5, 0.6) is 0 Å². The van der Waals surface area contributed by atoms with E-state index in [1.165, 1.54) is 0 Å². The SMILES string of the molecule is CCCNC(=O)C(C)NC(C)(CC)C(=O)O. The zero-order valence-corrected chi connectivity index (χ0v) is 10.5. The lowest BCUT2D eigenvalue weighted by Gasteiger charge is -2.28. The van der Waals surface area contributed by atoms with E-state index in [2.05, 4.69) is 10.6 Å². The van der Waals surface area contributed by atoms with Crippen LogP contribution < -0.4 is 10.6 Å². The summed E-state index contributed by atoms with van der Waals surface area (Å²) in [5.74, 6) is -1.10. The molecule has 0 fully saturated rings. The second-order valence-electron chi connectivity index (χ2n) is 4.15. The molecule has 0 aliphatic heterocycles. The minimum atomic E-state index is -1.05. The van der Waals surface area contributed by atoms with Crippen molar-refractivity contribution in [2.24, 2.45) is 0 Å². The maximum Gasteiger partial charge on any atom is 0.323 e. The Balaban J connectivity index is 4.35. The Hall–Kier alpha value is -1.10. The van der Waals surface area contributed by atoms with E-state index in [0.29, 0.717) is 13.0 Å². The summed E-state index contributed by atoms with van der Waals surface area (Å²) in [7, 11) is 0. The first kappa shape index (κ1) is 14.9. The molecule has 1 amide bonds. The second-order valence-corrected chi connectivity index (χ2v) is 4.15. The molecule has 3 N–H and O–H groups in total. The van der Waals surface area contributed by atoms with Gasteiger partial charge in [0.1, 0.15) is 5.54 Å². The summed E-state index contributed by atoms with van der Waals surface area (Å²) in [6, 6.07) is -0.507. The molecule has 0 rings (SSSR count). The maximum absolute atomic E-state index is 11.6. The number of aliphatic carboxylic acids is 1. The number of nitrogens with one attached hydrogen (secondary N) is 2. The van der Waals surface area contributed by atoms with E-state index in [1.54, 1.807) is 20.8 Å². The molecule has 5 heteroatoms. The quantitative estimate of drug-likeness (QED) is 0.603. The van der Waals surface area contributed by atoms with E-state index >= 15 is 0 Å². The van der Waals surface area contributed by atoms with Gasteiger partial charge in [0.05, 0.1) is 6.04 Å². The number of carbonyl (C=O) groups excluding carboxylic acids is 1. The monoisotopic (exact) mass is 230 g/mol. The molecule has 0 aromatic heterocycles. The predicted octanol–water partition coefficient (Wildman–Crippen LogP) is 0.744. The van der Waals surface area contributed by atoms with Crippen LogP contribution in [-0.2, 0) is 9.59 Å². The first-order chi connectivity index (χ1) is 7.37. The first-order valence-electron chi connectivity index (χ1n) is 5.66. The Morgan fingerprint density at radius 2 is 1.94 bits per heavy atom. The van der Waals surface area contributed by atoms with Gasteiger partial charge in [-0.1, -0.05) is 13.8 Å². The summed E-state index contributed by atoms with van der Waals surface area (Å²) in [5.41, 5.74) is -1.05. The van der Waals surface area contributed by atoms with E-state index in [1.807, 2.05) is 6.92 Å². The number of carbonyl (C=O) groups is 2. The Morgan fingerprint density at radius 3 is 2.31 bits per heavy atom. The van der Waals surface area contributed by atoms with Crippen LogP contribution in [0, 0.1) is 0 Å². The van der Waals surface area contributed by atoms with Crippen molar-refractivity contribution >= 4 is 11.9 Å². The summed E-state index contributed by atoms with van der Waals surface area (Å²) < 4.78 is 0. The molecule has 0 aliphatic carbocycles. The van der Waals surface area contributed by atoms with Gasteiger partial charge in [0.25, 0.3) is 0 Å². The molecule has 0 saturated carbocycles. The van der Waals surface area contributed by atoms with Crippen molar-refractivity contribution < 1.29 is 14.7 Å². The van der Waals surface area contributed by atoms with Crippen molar-refractivity contribution in [2.45, 2.75) is 52.1 Å². The molecule has 94 valence electrons. The van der Waals surface area contributed by atoms with Gasteiger partial charge in [-0.25, -0.2) is 0 Å². The summed E-state index contributed by atoms with van der Waals surface area (Å²) >= 11 is 0. The summed E-state index contributed by atoms with van der Waals surface area (Å²) in [6.07, 6.45) is 1.29. The second kappa shape index (κ2) is 6.48.